The lowest BCUT2D eigenvalue weighted by molar-refractivity contribution is 0.580. The van der Waals surface area contributed by atoms with Gasteiger partial charge in [0.25, 0.3) is 0 Å². The highest BCUT2D eigenvalue weighted by Gasteiger charge is 2.11. The number of hydrogen-bond donors (Lipinski definition) is 1. The van der Waals surface area contributed by atoms with Crippen LogP contribution in [0.25, 0.3) is 0 Å². The molecule has 0 amide bonds. The van der Waals surface area contributed by atoms with Crippen LogP contribution in [0.2, 0.25) is 0 Å². The van der Waals surface area contributed by atoms with Crippen molar-refractivity contribution in [3.63, 3.8) is 0 Å². The van der Waals surface area contributed by atoms with Crippen LogP contribution in [0.15, 0.2) is 42.5 Å². The lowest BCUT2D eigenvalue weighted by Gasteiger charge is -2.18. The molecule has 1 heterocycles. The third-order valence-electron chi connectivity index (χ3n) is 3.76. The van der Waals surface area contributed by atoms with Crippen molar-refractivity contribution in [3.05, 3.63) is 59.7 Å². The topological polar surface area (TPSA) is 15.3 Å². The number of hydrogen-bond acceptors (Lipinski definition) is 2. The van der Waals surface area contributed by atoms with Gasteiger partial charge in [0.05, 0.1) is 0 Å². The van der Waals surface area contributed by atoms with E-state index in [0.717, 1.165) is 24.8 Å². The van der Waals surface area contributed by atoms with Crippen molar-refractivity contribution in [1.82, 2.24) is 0 Å². The van der Waals surface area contributed by atoms with E-state index in [1.807, 2.05) is 12.1 Å². The van der Waals surface area contributed by atoms with Gasteiger partial charge in [-0.05, 0) is 54.8 Å². The average molecular weight is 288 g/mol. The van der Waals surface area contributed by atoms with E-state index in [9.17, 15) is 8.78 Å². The maximum Gasteiger partial charge on any atom is 0.126 e. The summed E-state index contributed by atoms with van der Waals surface area (Å²) in [6.07, 6.45) is 2.51. The average Bonchev–Trinajstić information content (AvgIpc) is 2.99. The molecule has 0 unspecified atom stereocenters. The predicted molar refractivity (Wildman–Crippen MR) is 81.6 cm³/mol. The highest BCUT2D eigenvalue weighted by molar-refractivity contribution is 5.55. The minimum Gasteiger partial charge on any atom is -0.381 e. The summed E-state index contributed by atoms with van der Waals surface area (Å²) in [6, 6.07) is 11.7. The summed E-state index contributed by atoms with van der Waals surface area (Å²) in [6.45, 7) is 2.64. The molecule has 110 valence electrons. The van der Waals surface area contributed by atoms with Crippen LogP contribution in [0.4, 0.5) is 20.2 Å². The Morgan fingerprint density at radius 2 is 1.52 bits per heavy atom. The van der Waals surface area contributed by atoms with Gasteiger partial charge in [-0.3, -0.25) is 0 Å². The number of nitrogens with one attached hydrogen (secondary N) is 1. The molecule has 1 aliphatic rings. The van der Waals surface area contributed by atoms with Crippen LogP contribution in [-0.4, -0.2) is 13.1 Å². The second-order valence-electron chi connectivity index (χ2n) is 5.37. The number of benzene rings is 2. The Morgan fingerprint density at radius 1 is 0.905 bits per heavy atom. The quantitative estimate of drug-likeness (QED) is 0.908. The Hall–Kier alpha value is -2.10. The second kappa shape index (κ2) is 6.12. The molecule has 1 N–H and O–H groups in total. The van der Waals surface area contributed by atoms with Crippen LogP contribution in [0.1, 0.15) is 18.4 Å². The minimum atomic E-state index is -0.545. The molecule has 0 aromatic heterocycles. The van der Waals surface area contributed by atoms with Crippen molar-refractivity contribution in [2.24, 2.45) is 0 Å². The Morgan fingerprint density at radius 3 is 2.14 bits per heavy atom. The maximum absolute atomic E-state index is 13.1. The van der Waals surface area contributed by atoms with Gasteiger partial charge in [-0.1, -0.05) is 0 Å². The first kappa shape index (κ1) is 13.9. The van der Waals surface area contributed by atoms with Gasteiger partial charge in [0.2, 0.25) is 0 Å². The summed E-state index contributed by atoms with van der Waals surface area (Å²) >= 11 is 0. The summed E-state index contributed by atoms with van der Waals surface area (Å²) < 4.78 is 26.2. The van der Waals surface area contributed by atoms with E-state index in [0.29, 0.717) is 12.1 Å². The molecule has 21 heavy (non-hydrogen) atoms. The first-order valence-electron chi connectivity index (χ1n) is 7.24. The Bertz CT molecular complexity index is 584. The second-order valence-corrected chi connectivity index (χ2v) is 5.37. The predicted octanol–water partition coefficient (Wildman–Crippen LogP) is 4.18. The Labute approximate surface area is 123 Å². The molecular formula is C17H18F2N2. The molecule has 1 fully saturated rings. The molecule has 2 nitrogen and oxygen atoms in total. The molecule has 0 radical (unpaired) electrons. The molecule has 2 aromatic rings. The van der Waals surface area contributed by atoms with Crippen LogP contribution in [0, 0.1) is 11.6 Å². The molecule has 0 spiro atoms. The summed E-state index contributed by atoms with van der Waals surface area (Å²) in [5.74, 6) is -1.09. The van der Waals surface area contributed by atoms with E-state index in [2.05, 4.69) is 22.3 Å². The number of halogens is 2. The molecule has 0 aliphatic carbocycles. The number of nitrogens with zero attached hydrogens (tertiary/aromatic N) is 1. The van der Waals surface area contributed by atoms with Gasteiger partial charge in [0.1, 0.15) is 11.6 Å². The first-order valence-corrected chi connectivity index (χ1v) is 7.24. The summed E-state index contributed by atoms with van der Waals surface area (Å²) in [7, 11) is 0. The smallest absolute Gasteiger partial charge is 0.126 e. The summed E-state index contributed by atoms with van der Waals surface area (Å²) in [5.41, 5.74) is 2.77. The molecule has 0 atom stereocenters. The fourth-order valence-electron chi connectivity index (χ4n) is 2.68. The maximum atomic E-state index is 13.1. The summed E-state index contributed by atoms with van der Waals surface area (Å²) in [5, 5.41) is 3.18. The van der Waals surface area contributed by atoms with Gasteiger partial charge in [-0.25, -0.2) is 8.78 Å². The highest BCUT2D eigenvalue weighted by atomic mass is 19.1. The lowest BCUT2D eigenvalue weighted by atomic mass is 10.2. The molecule has 1 saturated heterocycles. The number of anilines is 2. The van der Waals surface area contributed by atoms with Crippen LogP contribution in [0.3, 0.4) is 0 Å². The van der Waals surface area contributed by atoms with E-state index >= 15 is 0 Å². The largest absolute Gasteiger partial charge is 0.381 e. The van der Waals surface area contributed by atoms with E-state index < -0.39 is 11.6 Å². The van der Waals surface area contributed by atoms with Crippen molar-refractivity contribution in [1.29, 1.82) is 0 Å². The zero-order chi connectivity index (χ0) is 14.7. The standard InChI is InChI=1S/C17H18F2N2/c18-14-9-13(10-15(19)11-14)12-20-16-3-5-17(6-4-16)21-7-1-2-8-21/h3-6,9-11,20H,1-2,7-8,12H2. The van der Waals surface area contributed by atoms with Crippen molar-refractivity contribution < 1.29 is 8.78 Å². The SMILES string of the molecule is Fc1cc(F)cc(CNc2ccc(N3CCCC3)cc2)c1. The van der Waals surface area contributed by atoms with Crippen LogP contribution < -0.4 is 10.2 Å². The van der Waals surface area contributed by atoms with Gasteiger partial charge in [-0.2, -0.15) is 0 Å². The summed E-state index contributed by atoms with van der Waals surface area (Å²) in [4.78, 5) is 2.37. The van der Waals surface area contributed by atoms with Crippen molar-refractivity contribution >= 4 is 11.4 Å². The van der Waals surface area contributed by atoms with Crippen LogP contribution >= 0.6 is 0 Å². The monoisotopic (exact) mass is 288 g/mol. The molecule has 0 bridgehead atoms. The molecule has 2 aromatic carbocycles. The van der Waals surface area contributed by atoms with E-state index in [4.69, 9.17) is 0 Å². The van der Waals surface area contributed by atoms with Gasteiger partial charge < -0.3 is 10.2 Å². The van der Waals surface area contributed by atoms with Crippen molar-refractivity contribution in [2.75, 3.05) is 23.3 Å². The molecular weight excluding hydrogens is 270 g/mol. The molecule has 3 rings (SSSR count). The van der Waals surface area contributed by atoms with E-state index in [1.165, 1.54) is 30.7 Å². The van der Waals surface area contributed by atoms with E-state index in [-0.39, 0.29) is 0 Å². The lowest BCUT2D eigenvalue weighted by Crippen LogP contribution is -2.17. The fraction of sp³-hybridized carbons (Fsp3) is 0.294. The Balaban J connectivity index is 1.62. The number of rotatable bonds is 4. The van der Waals surface area contributed by atoms with Gasteiger partial charge in [0.15, 0.2) is 0 Å². The minimum absolute atomic E-state index is 0.401. The zero-order valence-corrected chi connectivity index (χ0v) is 11.8. The molecule has 0 saturated carbocycles. The Kier molecular flexibility index (Phi) is 4.04. The van der Waals surface area contributed by atoms with Crippen molar-refractivity contribution in [2.45, 2.75) is 19.4 Å². The highest BCUT2D eigenvalue weighted by Crippen LogP contribution is 2.22. The van der Waals surface area contributed by atoms with Crippen LogP contribution in [0.5, 0.6) is 0 Å². The fourth-order valence-corrected chi connectivity index (χ4v) is 2.68. The van der Waals surface area contributed by atoms with E-state index in [1.54, 1.807) is 0 Å². The third kappa shape index (κ3) is 3.51. The normalized spacial score (nSPS) is 14.5. The van der Waals surface area contributed by atoms with Gasteiger partial charge in [0, 0.05) is 37.1 Å². The van der Waals surface area contributed by atoms with Gasteiger partial charge >= 0.3 is 0 Å². The van der Waals surface area contributed by atoms with Crippen LogP contribution in [-0.2, 0) is 6.54 Å². The molecule has 4 heteroatoms. The van der Waals surface area contributed by atoms with Gasteiger partial charge in [-0.15, -0.1) is 0 Å². The first-order chi connectivity index (χ1) is 10.2. The van der Waals surface area contributed by atoms with Crippen molar-refractivity contribution in [3.8, 4) is 0 Å². The molecule has 1 aliphatic heterocycles. The third-order valence-corrected chi connectivity index (χ3v) is 3.76. The zero-order valence-electron chi connectivity index (χ0n) is 11.8.